The molecule has 2 nitrogen and oxygen atoms in total. The topological polar surface area (TPSA) is 16.1 Å². The largest absolute Gasteiger partial charge is 0.310 e. The van der Waals surface area contributed by atoms with Crippen LogP contribution in [0.3, 0.4) is 0 Å². The minimum atomic E-state index is -0.519. The van der Waals surface area contributed by atoms with Crippen molar-refractivity contribution in [2.24, 2.45) is 0 Å². The van der Waals surface area contributed by atoms with Crippen molar-refractivity contribution in [3.63, 3.8) is 0 Å². The molecule has 0 saturated carbocycles. The number of hydrogen-bond donors (Lipinski definition) is 0. The Balaban J connectivity index is 1.14. The average Bonchev–Trinajstić information content (AvgIpc) is 3.71. The first-order valence-corrected chi connectivity index (χ1v) is 21.0. The second-order valence-electron chi connectivity index (χ2n) is 15.4. The summed E-state index contributed by atoms with van der Waals surface area (Å²) in [6, 6.07) is 79.8. The minimum Gasteiger partial charge on any atom is -0.310 e. The molecule has 3 heteroatoms. The smallest absolute Gasteiger partial charge is 0.0788 e. The normalized spacial score (nSPS) is 13.2. The third kappa shape index (κ3) is 5.02. The Bertz CT molecular complexity index is 3300. The van der Waals surface area contributed by atoms with Gasteiger partial charge in [0, 0.05) is 53.1 Å². The second-order valence-corrected chi connectivity index (χ2v) is 16.4. The van der Waals surface area contributed by atoms with Crippen LogP contribution in [0.1, 0.15) is 22.3 Å². The summed E-state index contributed by atoms with van der Waals surface area (Å²) in [6.07, 6.45) is 0. The molecule has 0 fully saturated rings. The third-order valence-electron chi connectivity index (χ3n) is 12.3. The highest BCUT2D eigenvalue weighted by molar-refractivity contribution is 7.26. The highest BCUT2D eigenvalue weighted by Crippen LogP contribution is 2.58. The number of para-hydroxylation sites is 3. The minimum absolute atomic E-state index is 0.519. The Labute approximate surface area is 346 Å². The van der Waals surface area contributed by atoms with E-state index >= 15 is 0 Å². The lowest BCUT2D eigenvalue weighted by molar-refractivity contribution is 0.731. The zero-order chi connectivity index (χ0) is 38.9. The van der Waals surface area contributed by atoms with Crippen LogP contribution in [0.4, 0.5) is 17.1 Å². The van der Waals surface area contributed by atoms with Crippen molar-refractivity contribution in [3.05, 3.63) is 241 Å². The summed E-state index contributed by atoms with van der Waals surface area (Å²) in [6.45, 7) is 0. The van der Waals surface area contributed by atoms with Gasteiger partial charge in [0.15, 0.2) is 0 Å². The van der Waals surface area contributed by atoms with Crippen LogP contribution in [0.5, 0.6) is 0 Å². The molecule has 0 aliphatic carbocycles. The molecule has 0 amide bonds. The van der Waals surface area contributed by atoms with Crippen molar-refractivity contribution in [1.29, 1.82) is 0 Å². The van der Waals surface area contributed by atoms with Crippen molar-refractivity contribution >= 4 is 70.2 Å². The number of fused-ring (bicyclic) bond motifs is 9. The maximum absolute atomic E-state index is 5.38. The van der Waals surface area contributed by atoms with Crippen molar-refractivity contribution < 1.29 is 0 Å². The fourth-order valence-electron chi connectivity index (χ4n) is 9.86. The lowest BCUT2D eigenvalue weighted by Crippen LogP contribution is -2.37. The summed E-state index contributed by atoms with van der Waals surface area (Å²) in [7, 11) is 0. The maximum atomic E-state index is 5.38. The molecular weight excluding hydrogens is 733 g/mol. The number of anilines is 3. The van der Waals surface area contributed by atoms with Gasteiger partial charge in [-0.05, 0) is 70.3 Å². The molecule has 12 rings (SSSR count). The summed E-state index contributed by atoms with van der Waals surface area (Å²) in [5, 5.41) is 6.18. The third-order valence-corrected chi connectivity index (χ3v) is 13.5. The molecule has 276 valence electrons. The zero-order valence-corrected chi connectivity index (χ0v) is 32.9. The lowest BCUT2D eigenvalue weighted by atomic mass is 9.62. The van der Waals surface area contributed by atoms with E-state index in [9.17, 15) is 0 Å². The molecule has 1 aliphatic rings. The van der Waals surface area contributed by atoms with Crippen molar-refractivity contribution in [1.82, 2.24) is 4.98 Å². The first kappa shape index (κ1) is 33.8. The van der Waals surface area contributed by atoms with Crippen LogP contribution in [-0.2, 0) is 5.41 Å². The van der Waals surface area contributed by atoms with Crippen LogP contribution < -0.4 is 4.90 Å². The Hall–Kier alpha value is -7.33. The van der Waals surface area contributed by atoms with Crippen LogP contribution in [0.15, 0.2) is 218 Å². The number of aromatic nitrogens is 1. The molecule has 0 bridgehead atoms. The molecule has 0 saturated heterocycles. The van der Waals surface area contributed by atoms with Gasteiger partial charge in [0.1, 0.15) is 0 Å². The lowest BCUT2D eigenvalue weighted by Gasteiger charge is -2.46. The van der Waals surface area contributed by atoms with Gasteiger partial charge in [0.25, 0.3) is 0 Å². The first-order chi connectivity index (χ1) is 29.3. The number of rotatable bonds is 5. The molecule has 0 radical (unpaired) electrons. The van der Waals surface area contributed by atoms with E-state index in [4.69, 9.17) is 4.98 Å². The molecule has 0 N–H and O–H groups in total. The maximum Gasteiger partial charge on any atom is 0.0788 e. The van der Waals surface area contributed by atoms with Crippen molar-refractivity contribution in [2.75, 3.05) is 4.90 Å². The van der Waals surface area contributed by atoms with Crippen LogP contribution in [0.2, 0.25) is 0 Å². The molecule has 9 aromatic carbocycles. The van der Waals surface area contributed by atoms with Gasteiger partial charge in [-0.3, -0.25) is 0 Å². The standard InChI is InChI=1S/C56H36N2S/c1-4-19-37(20-5-1)54-45-36-44(55-53(43-28-11-17-34-51(43)59-55)52(45)42-27-10-14-31-48(42)57-54)38-21-18-26-41(35-38)58-49-32-15-12-29-46(49)56(39-22-6-2-7-23-39,40-24-8-3-9-25-40)47-30-13-16-33-50(47)58/h1-36H. The Kier molecular flexibility index (Phi) is 7.66. The van der Waals surface area contributed by atoms with E-state index in [0.717, 1.165) is 27.8 Å². The van der Waals surface area contributed by atoms with Crippen LogP contribution in [-0.4, -0.2) is 4.98 Å². The summed E-state index contributed by atoms with van der Waals surface area (Å²) in [5.74, 6) is 0. The van der Waals surface area contributed by atoms with Crippen LogP contribution in [0, 0.1) is 0 Å². The number of nitrogens with zero attached hydrogens (tertiary/aromatic N) is 2. The summed E-state index contributed by atoms with van der Waals surface area (Å²) < 4.78 is 2.57. The van der Waals surface area contributed by atoms with Gasteiger partial charge in [0.05, 0.1) is 28.0 Å². The monoisotopic (exact) mass is 768 g/mol. The average molecular weight is 769 g/mol. The fourth-order valence-corrected chi connectivity index (χ4v) is 11.1. The molecule has 2 aromatic heterocycles. The van der Waals surface area contributed by atoms with Gasteiger partial charge >= 0.3 is 0 Å². The van der Waals surface area contributed by atoms with Gasteiger partial charge < -0.3 is 4.90 Å². The SMILES string of the molecule is c1ccc(-c2nc3ccccc3c3c2cc(-c2cccc(N4c5ccccc5C(c5ccccc5)(c5ccccc5)c5ccccc54)c2)c2sc4ccccc4c23)cc1. The van der Waals surface area contributed by atoms with E-state index in [-0.39, 0.29) is 0 Å². The van der Waals surface area contributed by atoms with Crippen molar-refractivity contribution in [3.8, 4) is 22.4 Å². The quantitative estimate of drug-likeness (QED) is 0.162. The summed E-state index contributed by atoms with van der Waals surface area (Å²) in [4.78, 5) is 7.86. The molecule has 11 aromatic rings. The van der Waals surface area contributed by atoms with Crippen molar-refractivity contribution in [2.45, 2.75) is 5.41 Å². The molecule has 0 unspecified atom stereocenters. The molecule has 3 heterocycles. The first-order valence-electron chi connectivity index (χ1n) is 20.2. The van der Waals surface area contributed by atoms with Gasteiger partial charge in [-0.15, -0.1) is 11.3 Å². The molecule has 1 aliphatic heterocycles. The Morgan fingerprint density at radius 1 is 0.424 bits per heavy atom. The van der Waals surface area contributed by atoms with E-state index < -0.39 is 5.41 Å². The number of hydrogen-bond acceptors (Lipinski definition) is 3. The van der Waals surface area contributed by atoms with Gasteiger partial charge in [-0.25, -0.2) is 4.98 Å². The molecular formula is C56H36N2S. The van der Waals surface area contributed by atoms with Crippen LogP contribution >= 0.6 is 11.3 Å². The number of pyridine rings is 1. The van der Waals surface area contributed by atoms with E-state index in [1.165, 1.54) is 75.7 Å². The Morgan fingerprint density at radius 3 is 1.68 bits per heavy atom. The predicted octanol–water partition coefficient (Wildman–Crippen LogP) is 15.3. The second kappa shape index (κ2) is 13.4. The van der Waals surface area contributed by atoms with Crippen LogP contribution in [0.25, 0.3) is 64.2 Å². The summed E-state index contributed by atoms with van der Waals surface area (Å²) in [5.41, 5.74) is 13.5. The zero-order valence-electron chi connectivity index (χ0n) is 32.1. The highest BCUT2D eigenvalue weighted by atomic mass is 32.1. The van der Waals surface area contributed by atoms with E-state index in [1.54, 1.807) is 0 Å². The van der Waals surface area contributed by atoms with E-state index in [2.05, 4.69) is 223 Å². The van der Waals surface area contributed by atoms with Gasteiger partial charge in [-0.2, -0.15) is 0 Å². The number of benzene rings is 9. The van der Waals surface area contributed by atoms with Gasteiger partial charge in [0.2, 0.25) is 0 Å². The predicted molar refractivity (Wildman–Crippen MR) is 250 cm³/mol. The van der Waals surface area contributed by atoms with Gasteiger partial charge in [-0.1, -0.05) is 176 Å². The van der Waals surface area contributed by atoms with E-state index in [0.29, 0.717) is 0 Å². The fraction of sp³-hybridized carbons (Fsp3) is 0.0179. The summed E-state index contributed by atoms with van der Waals surface area (Å²) >= 11 is 1.89. The molecule has 59 heavy (non-hydrogen) atoms. The van der Waals surface area contributed by atoms with E-state index in [1.807, 2.05) is 11.3 Å². The molecule has 0 spiro atoms. The number of thiophene rings is 1. The highest BCUT2D eigenvalue weighted by Gasteiger charge is 2.46. The molecule has 0 atom stereocenters. The Morgan fingerprint density at radius 2 is 0.983 bits per heavy atom.